The van der Waals surface area contributed by atoms with Gasteiger partial charge in [-0.05, 0) is 25.0 Å². The summed E-state index contributed by atoms with van der Waals surface area (Å²) in [4.78, 5) is 8.76. The van der Waals surface area contributed by atoms with Crippen molar-refractivity contribution in [1.82, 2.24) is 9.97 Å². The molecule has 0 aliphatic heterocycles. The van der Waals surface area contributed by atoms with Gasteiger partial charge in [0.05, 0.1) is 12.8 Å². The third-order valence-electron chi connectivity index (χ3n) is 3.02. The Labute approximate surface area is 105 Å². The Hall–Kier alpha value is -1.97. The maximum Gasteiger partial charge on any atom is 0.216 e. The molecule has 0 amide bonds. The van der Waals surface area contributed by atoms with Gasteiger partial charge in [-0.15, -0.1) is 0 Å². The second-order valence-electron chi connectivity index (χ2n) is 4.41. The van der Waals surface area contributed by atoms with E-state index in [-0.39, 0.29) is 5.82 Å². The van der Waals surface area contributed by atoms with Crippen molar-refractivity contribution < 1.29 is 9.13 Å². The summed E-state index contributed by atoms with van der Waals surface area (Å²) in [6.07, 6.45) is 2.20. The molecule has 1 aliphatic rings. The van der Waals surface area contributed by atoms with Crippen molar-refractivity contribution in [2.24, 2.45) is 0 Å². The number of hydrogen-bond acceptors (Lipinski definition) is 3. The molecule has 1 heterocycles. The van der Waals surface area contributed by atoms with Crippen molar-refractivity contribution in [2.75, 3.05) is 7.11 Å². The third kappa shape index (κ3) is 2.06. The molecule has 4 heteroatoms. The molecule has 1 saturated carbocycles. The summed E-state index contributed by atoms with van der Waals surface area (Å²) in [5.74, 6) is 1.38. The fourth-order valence-electron chi connectivity index (χ4n) is 1.88. The molecule has 0 atom stereocenters. The highest BCUT2D eigenvalue weighted by molar-refractivity contribution is 5.60. The Morgan fingerprint density at radius 2 is 2.00 bits per heavy atom. The van der Waals surface area contributed by atoms with Gasteiger partial charge in [-0.2, -0.15) is 4.98 Å². The lowest BCUT2D eigenvalue weighted by atomic mass is 10.1. The monoisotopic (exact) mass is 244 g/mol. The van der Waals surface area contributed by atoms with E-state index in [0.717, 1.165) is 18.7 Å². The molecule has 0 bridgehead atoms. The molecule has 1 fully saturated rings. The number of halogens is 1. The zero-order valence-electron chi connectivity index (χ0n) is 10.1. The lowest BCUT2D eigenvalue weighted by molar-refractivity contribution is 0.395. The van der Waals surface area contributed by atoms with E-state index in [2.05, 4.69) is 9.97 Å². The molecular formula is C14H13FN2O. The third-order valence-corrected chi connectivity index (χ3v) is 3.02. The fraction of sp³-hybridized carbons (Fsp3) is 0.286. The molecule has 18 heavy (non-hydrogen) atoms. The molecule has 0 radical (unpaired) electrons. The maximum atomic E-state index is 13.8. The van der Waals surface area contributed by atoms with E-state index in [1.54, 1.807) is 31.4 Å². The van der Waals surface area contributed by atoms with Gasteiger partial charge < -0.3 is 4.74 Å². The summed E-state index contributed by atoms with van der Waals surface area (Å²) in [7, 11) is 1.56. The zero-order valence-corrected chi connectivity index (χ0v) is 10.1. The lowest BCUT2D eigenvalue weighted by Gasteiger charge is -2.07. The smallest absolute Gasteiger partial charge is 0.216 e. The summed E-state index contributed by atoms with van der Waals surface area (Å²) < 4.78 is 18.9. The summed E-state index contributed by atoms with van der Waals surface area (Å²) in [5, 5.41) is 0. The largest absolute Gasteiger partial charge is 0.481 e. The van der Waals surface area contributed by atoms with Crippen LogP contribution >= 0.6 is 0 Å². The Bertz CT molecular complexity index is 582. The van der Waals surface area contributed by atoms with Crippen LogP contribution in [0.1, 0.15) is 24.6 Å². The fourth-order valence-corrected chi connectivity index (χ4v) is 1.88. The lowest BCUT2D eigenvalue weighted by Crippen LogP contribution is -1.99. The van der Waals surface area contributed by atoms with Crippen molar-refractivity contribution >= 4 is 0 Å². The molecule has 3 rings (SSSR count). The molecule has 0 spiro atoms. The number of rotatable bonds is 3. The first-order chi connectivity index (χ1) is 8.78. The molecule has 2 aromatic rings. The zero-order chi connectivity index (χ0) is 12.5. The number of aromatic nitrogens is 2. The van der Waals surface area contributed by atoms with Crippen LogP contribution in [0.15, 0.2) is 30.3 Å². The second-order valence-corrected chi connectivity index (χ2v) is 4.41. The quantitative estimate of drug-likeness (QED) is 0.831. The van der Waals surface area contributed by atoms with Gasteiger partial charge in [0, 0.05) is 17.5 Å². The summed E-state index contributed by atoms with van der Waals surface area (Å²) in [5.41, 5.74) is 1.07. The van der Waals surface area contributed by atoms with Gasteiger partial charge in [-0.1, -0.05) is 12.1 Å². The molecule has 0 N–H and O–H groups in total. The molecule has 1 aliphatic carbocycles. The van der Waals surface area contributed by atoms with Gasteiger partial charge in [0.25, 0.3) is 0 Å². The van der Waals surface area contributed by atoms with Gasteiger partial charge in [-0.25, -0.2) is 9.37 Å². The molecule has 92 valence electrons. The topological polar surface area (TPSA) is 35.0 Å². The van der Waals surface area contributed by atoms with E-state index in [0.29, 0.717) is 23.1 Å². The minimum absolute atomic E-state index is 0.278. The maximum absolute atomic E-state index is 13.8. The van der Waals surface area contributed by atoms with Gasteiger partial charge in [0.1, 0.15) is 11.6 Å². The van der Waals surface area contributed by atoms with Gasteiger partial charge >= 0.3 is 0 Å². The first-order valence-electron chi connectivity index (χ1n) is 5.96. The Balaban J connectivity index is 2.10. The van der Waals surface area contributed by atoms with Gasteiger partial charge in [-0.3, -0.25) is 0 Å². The Morgan fingerprint density at radius 1 is 1.22 bits per heavy atom. The molecule has 1 aromatic heterocycles. The Morgan fingerprint density at radius 3 is 2.67 bits per heavy atom. The van der Waals surface area contributed by atoms with Gasteiger partial charge in [0.15, 0.2) is 0 Å². The first-order valence-corrected chi connectivity index (χ1v) is 5.96. The van der Waals surface area contributed by atoms with Crippen molar-refractivity contribution in [3.8, 4) is 17.1 Å². The number of nitrogens with zero attached hydrogens (tertiary/aromatic N) is 2. The molecule has 3 nitrogen and oxygen atoms in total. The van der Waals surface area contributed by atoms with Crippen LogP contribution in [0.2, 0.25) is 0 Å². The van der Waals surface area contributed by atoms with E-state index >= 15 is 0 Å². The highest BCUT2D eigenvalue weighted by atomic mass is 19.1. The number of hydrogen-bond donors (Lipinski definition) is 0. The number of ether oxygens (including phenoxy) is 1. The highest BCUT2D eigenvalue weighted by Gasteiger charge is 2.27. The van der Waals surface area contributed by atoms with E-state index in [1.807, 2.05) is 0 Å². The van der Waals surface area contributed by atoms with Crippen LogP contribution in [0.25, 0.3) is 11.3 Å². The number of methoxy groups -OCH3 is 1. The number of benzene rings is 1. The highest BCUT2D eigenvalue weighted by Crippen LogP contribution is 2.39. The normalized spacial score (nSPS) is 14.6. The van der Waals surface area contributed by atoms with Crippen molar-refractivity contribution in [2.45, 2.75) is 18.8 Å². The molecule has 0 saturated heterocycles. The van der Waals surface area contributed by atoms with Crippen LogP contribution in [0.4, 0.5) is 4.39 Å². The standard InChI is InChI=1S/C14H13FN2O/c1-18-13-8-12(10-4-2-3-5-11(10)15)16-14(17-13)9-6-7-9/h2-5,8-9H,6-7H2,1H3. The minimum atomic E-state index is -0.278. The van der Waals surface area contributed by atoms with Crippen LogP contribution in [0.3, 0.4) is 0 Å². The van der Waals surface area contributed by atoms with E-state index < -0.39 is 0 Å². The minimum Gasteiger partial charge on any atom is -0.481 e. The van der Waals surface area contributed by atoms with Crippen LogP contribution < -0.4 is 4.74 Å². The van der Waals surface area contributed by atoms with Crippen molar-refractivity contribution in [3.63, 3.8) is 0 Å². The summed E-state index contributed by atoms with van der Waals surface area (Å²) in [6.45, 7) is 0. The van der Waals surface area contributed by atoms with E-state index in [9.17, 15) is 4.39 Å². The second kappa shape index (κ2) is 4.37. The van der Waals surface area contributed by atoms with Crippen molar-refractivity contribution in [1.29, 1.82) is 0 Å². The summed E-state index contributed by atoms with van der Waals surface area (Å²) >= 11 is 0. The van der Waals surface area contributed by atoms with E-state index in [1.165, 1.54) is 6.07 Å². The van der Waals surface area contributed by atoms with E-state index in [4.69, 9.17) is 4.74 Å². The Kier molecular flexibility index (Phi) is 2.70. The average Bonchev–Trinajstić information content (AvgIpc) is 3.23. The van der Waals surface area contributed by atoms with Crippen LogP contribution in [-0.4, -0.2) is 17.1 Å². The van der Waals surface area contributed by atoms with Crippen LogP contribution in [-0.2, 0) is 0 Å². The van der Waals surface area contributed by atoms with Gasteiger partial charge in [0.2, 0.25) is 5.88 Å². The molecular weight excluding hydrogens is 231 g/mol. The summed E-state index contributed by atoms with van der Waals surface area (Å²) in [6, 6.07) is 8.28. The van der Waals surface area contributed by atoms with Crippen LogP contribution in [0, 0.1) is 5.82 Å². The van der Waals surface area contributed by atoms with Crippen LogP contribution in [0.5, 0.6) is 5.88 Å². The van der Waals surface area contributed by atoms with Crippen molar-refractivity contribution in [3.05, 3.63) is 42.0 Å². The molecule has 0 unspecified atom stereocenters. The SMILES string of the molecule is COc1cc(-c2ccccc2F)nc(C2CC2)n1. The predicted octanol–water partition coefficient (Wildman–Crippen LogP) is 3.17. The average molecular weight is 244 g/mol. The predicted molar refractivity (Wildman–Crippen MR) is 66.0 cm³/mol. The molecule has 1 aromatic carbocycles. The first kappa shape index (κ1) is 11.1.